The number of carbonyl (C=O) groups is 1. The van der Waals surface area contributed by atoms with Gasteiger partial charge in [0, 0.05) is 0 Å². The van der Waals surface area contributed by atoms with Crippen LogP contribution in [0.3, 0.4) is 0 Å². The van der Waals surface area contributed by atoms with Crippen molar-refractivity contribution in [3.8, 4) is 0 Å². The average molecular weight is 166 g/mol. The van der Waals surface area contributed by atoms with Gasteiger partial charge in [-0.3, -0.25) is 4.79 Å². The zero-order chi connectivity index (χ0) is 8.77. The third-order valence-corrected chi connectivity index (χ3v) is 3.33. The SMILES string of the molecule is COC(=O)[C@@]1(C)CC2C=CC1C2. The second-order valence-electron chi connectivity index (χ2n) is 4.10. The zero-order valence-corrected chi connectivity index (χ0v) is 7.54. The maximum absolute atomic E-state index is 11.5. The summed E-state index contributed by atoms with van der Waals surface area (Å²) in [4.78, 5) is 11.5. The van der Waals surface area contributed by atoms with Crippen molar-refractivity contribution in [2.75, 3.05) is 7.11 Å². The molecule has 0 aromatic carbocycles. The van der Waals surface area contributed by atoms with Crippen molar-refractivity contribution < 1.29 is 9.53 Å². The van der Waals surface area contributed by atoms with Gasteiger partial charge in [-0.05, 0) is 31.6 Å². The molecule has 0 amide bonds. The summed E-state index contributed by atoms with van der Waals surface area (Å²) in [6, 6.07) is 0. The predicted molar refractivity (Wildman–Crippen MR) is 45.5 cm³/mol. The summed E-state index contributed by atoms with van der Waals surface area (Å²) < 4.78 is 4.82. The molecule has 0 aromatic heterocycles. The third kappa shape index (κ3) is 0.838. The molecule has 2 aliphatic rings. The summed E-state index contributed by atoms with van der Waals surface area (Å²) in [5, 5.41) is 0. The van der Waals surface area contributed by atoms with Crippen LogP contribution in [-0.2, 0) is 9.53 Å². The number of rotatable bonds is 1. The highest BCUT2D eigenvalue weighted by Crippen LogP contribution is 2.52. The van der Waals surface area contributed by atoms with Crippen LogP contribution in [0.1, 0.15) is 19.8 Å². The number of ether oxygens (including phenoxy) is 1. The molecule has 0 saturated heterocycles. The van der Waals surface area contributed by atoms with Crippen molar-refractivity contribution in [3.63, 3.8) is 0 Å². The number of hydrogen-bond acceptors (Lipinski definition) is 2. The van der Waals surface area contributed by atoms with Gasteiger partial charge in [-0.2, -0.15) is 0 Å². The van der Waals surface area contributed by atoms with Gasteiger partial charge in [0.25, 0.3) is 0 Å². The Kier molecular flexibility index (Phi) is 1.53. The fourth-order valence-corrected chi connectivity index (χ4v) is 2.56. The fourth-order valence-electron chi connectivity index (χ4n) is 2.56. The smallest absolute Gasteiger partial charge is 0.312 e. The fraction of sp³-hybridized carbons (Fsp3) is 0.700. The van der Waals surface area contributed by atoms with Gasteiger partial charge < -0.3 is 4.74 Å². The van der Waals surface area contributed by atoms with Gasteiger partial charge in [-0.15, -0.1) is 0 Å². The first-order valence-electron chi connectivity index (χ1n) is 4.43. The van der Waals surface area contributed by atoms with Gasteiger partial charge in [0.05, 0.1) is 12.5 Å². The molecule has 0 heterocycles. The van der Waals surface area contributed by atoms with Crippen LogP contribution < -0.4 is 0 Å². The van der Waals surface area contributed by atoms with Crippen molar-refractivity contribution in [2.45, 2.75) is 19.8 Å². The maximum atomic E-state index is 11.5. The molecule has 0 aliphatic heterocycles. The molecule has 3 atom stereocenters. The molecule has 2 heteroatoms. The van der Waals surface area contributed by atoms with Gasteiger partial charge in [-0.1, -0.05) is 12.2 Å². The molecular weight excluding hydrogens is 152 g/mol. The highest BCUT2D eigenvalue weighted by molar-refractivity contribution is 5.78. The van der Waals surface area contributed by atoms with E-state index in [9.17, 15) is 4.79 Å². The minimum absolute atomic E-state index is 0.0423. The lowest BCUT2D eigenvalue weighted by atomic mass is 9.78. The topological polar surface area (TPSA) is 26.3 Å². The molecule has 1 saturated carbocycles. The molecular formula is C10H14O2. The number of allylic oxidation sites excluding steroid dienone is 2. The Labute approximate surface area is 72.6 Å². The highest BCUT2D eigenvalue weighted by Gasteiger charge is 2.50. The number of esters is 1. The van der Waals surface area contributed by atoms with Crippen LogP contribution in [0.15, 0.2) is 12.2 Å². The predicted octanol–water partition coefficient (Wildman–Crippen LogP) is 1.76. The largest absolute Gasteiger partial charge is 0.469 e. The monoisotopic (exact) mass is 166 g/mol. The van der Waals surface area contributed by atoms with E-state index in [2.05, 4.69) is 12.2 Å². The van der Waals surface area contributed by atoms with E-state index in [1.54, 1.807) is 0 Å². The summed E-state index contributed by atoms with van der Waals surface area (Å²) in [6.45, 7) is 2.02. The Morgan fingerprint density at radius 1 is 1.58 bits per heavy atom. The average Bonchev–Trinajstić information content (AvgIpc) is 2.62. The van der Waals surface area contributed by atoms with E-state index in [1.807, 2.05) is 6.92 Å². The van der Waals surface area contributed by atoms with Crippen LogP contribution in [0.4, 0.5) is 0 Å². The molecule has 66 valence electrons. The Hall–Kier alpha value is -0.790. The Morgan fingerprint density at radius 3 is 2.75 bits per heavy atom. The molecule has 2 nitrogen and oxygen atoms in total. The normalized spacial score (nSPS) is 43.5. The Bertz CT molecular complexity index is 244. The second-order valence-corrected chi connectivity index (χ2v) is 4.10. The quantitative estimate of drug-likeness (QED) is 0.438. The summed E-state index contributed by atoms with van der Waals surface area (Å²) in [7, 11) is 1.48. The van der Waals surface area contributed by atoms with Crippen molar-refractivity contribution in [2.24, 2.45) is 17.3 Å². The number of methoxy groups -OCH3 is 1. The standard InChI is InChI=1S/C10H14O2/c1-10(9(11)12-2)6-7-3-4-8(10)5-7/h3-4,7-8H,5-6H2,1-2H3/t7?,8?,10-/m0/s1. The van der Waals surface area contributed by atoms with E-state index in [1.165, 1.54) is 7.11 Å². The molecule has 0 radical (unpaired) electrons. The zero-order valence-electron chi connectivity index (χ0n) is 7.54. The van der Waals surface area contributed by atoms with Crippen molar-refractivity contribution in [1.82, 2.24) is 0 Å². The molecule has 0 spiro atoms. The molecule has 12 heavy (non-hydrogen) atoms. The number of hydrogen-bond donors (Lipinski definition) is 0. The second kappa shape index (κ2) is 2.35. The Balaban J connectivity index is 2.23. The van der Waals surface area contributed by atoms with Crippen LogP contribution in [0, 0.1) is 17.3 Å². The first-order valence-corrected chi connectivity index (χ1v) is 4.43. The van der Waals surface area contributed by atoms with E-state index in [0.717, 1.165) is 12.8 Å². The van der Waals surface area contributed by atoms with Gasteiger partial charge >= 0.3 is 5.97 Å². The van der Waals surface area contributed by atoms with E-state index >= 15 is 0 Å². The lowest BCUT2D eigenvalue weighted by Crippen LogP contribution is -2.32. The van der Waals surface area contributed by atoms with E-state index in [-0.39, 0.29) is 11.4 Å². The van der Waals surface area contributed by atoms with Crippen LogP contribution >= 0.6 is 0 Å². The van der Waals surface area contributed by atoms with Crippen molar-refractivity contribution >= 4 is 5.97 Å². The van der Waals surface area contributed by atoms with Gasteiger partial charge in [0.1, 0.15) is 0 Å². The van der Waals surface area contributed by atoms with Gasteiger partial charge in [0.15, 0.2) is 0 Å². The van der Waals surface area contributed by atoms with Crippen LogP contribution in [0.25, 0.3) is 0 Å². The molecule has 1 fully saturated rings. The summed E-state index contributed by atoms with van der Waals surface area (Å²) in [5.74, 6) is 1.01. The summed E-state index contributed by atoms with van der Waals surface area (Å²) in [5.41, 5.74) is -0.228. The minimum atomic E-state index is -0.228. The summed E-state index contributed by atoms with van der Waals surface area (Å²) in [6.07, 6.45) is 6.52. The molecule has 2 rings (SSSR count). The molecule has 2 bridgehead atoms. The minimum Gasteiger partial charge on any atom is -0.469 e. The first-order chi connectivity index (χ1) is 5.66. The Morgan fingerprint density at radius 2 is 2.33 bits per heavy atom. The van der Waals surface area contributed by atoms with Crippen molar-refractivity contribution in [3.05, 3.63) is 12.2 Å². The van der Waals surface area contributed by atoms with Crippen LogP contribution in [0.2, 0.25) is 0 Å². The lowest BCUT2D eigenvalue weighted by Gasteiger charge is -2.27. The van der Waals surface area contributed by atoms with E-state index in [4.69, 9.17) is 4.74 Å². The van der Waals surface area contributed by atoms with Gasteiger partial charge in [-0.25, -0.2) is 0 Å². The molecule has 0 N–H and O–H groups in total. The lowest BCUT2D eigenvalue weighted by molar-refractivity contribution is -0.153. The number of fused-ring (bicyclic) bond motifs is 2. The third-order valence-electron chi connectivity index (χ3n) is 3.33. The van der Waals surface area contributed by atoms with E-state index < -0.39 is 0 Å². The van der Waals surface area contributed by atoms with Gasteiger partial charge in [0.2, 0.25) is 0 Å². The highest BCUT2D eigenvalue weighted by atomic mass is 16.5. The van der Waals surface area contributed by atoms with Crippen molar-refractivity contribution in [1.29, 1.82) is 0 Å². The molecule has 0 aromatic rings. The molecule has 2 aliphatic carbocycles. The summed E-state index contributed by atoms with van der Waals surface area (Å²) >= 11 is 0. The maximum Gasteiger partial charge on any atom is 0.312 e. The van der Waals surface area contributed by atoms with Crippen LogP contribution in [-0.4, -0.2) is 13.1 Å². The molecule has 2 unspecified atom stereocenters. The van der Waals surface area contributed by atoms with E-state index in [0.29, 0.717) is 11.8 Å². The van der Waals surface area contributed by atoms with Crippen LogP contribution in [0.5, 0.6) is 0 Å². The first kappa shape index (κ1) is 7.84. The number of carbonyl (C=O) groups excluding carboxylic acids is 1.